The van der Waals surface area contributed by atoms with Crippen molar-refractivity contribution in [3.8, 4) is 11.4 Å². The highest BCUT2D eigenvalue weighted by Gasteiger charge is 2.08. The van der Waals surface area contributed by atoms with E-state index in [1.54, 1.807) is 30.5 Å². The maximum absolute atomic E-state index is 9.35. The first-order valence-electron chi connectivity index (χ1n) is 4.95. The van der Waals surface area contributed by atoms with Gasteiger partial charge >= 0.3 is 0 Å². The number of rotatable bonds is 3. The quantitative estimate of drug-likeness (QED) is 0.709. The van der Waals surface area contributed by atoms with Gasteiger partial charge in [0.05, 0.1) is 11.9 Å². The van der Waals surface area contributed by atoms with Gasteiger partial charge in [0.15, 0.2) is 0 Å². The summed E-state index contributed by atoms with van der Waals surface area (Å²) in [5, 5.41) is 22.3. The zero-order chi connectivity index (χ0) is 11.5. The third-order valence-electron chi connectivity index (χ3n) is 2.34. The Bertz CT molecular complexity index is 494. The van der Waals surface area contributed by atoms with Gasteiger partial charge in [-0.25, -0.2) is 4.68 Å². The minimum absolute atomic E-state index is 0.0376. The second-order valence-electron chi connectivity index (χ2n) is 3.46. The number of aromatic hydroxyl groups is 1. The van der Waals surface area contributed by atoms with E-state index in [-0.39, 0.29) is 12.4 Å². The fourth-order valence-electron chi connectivity index (χ4n) is 1.54. The van der Waals surface area contributed by atoms with Crippen LogP contribution in [0, 0.1) is 0 Å². The highest BCUT2D eigenvalue weighted by atomic mass is 16.3. The van der Waals surface area contributed by atoms with Crippen LogP contribution in [-0.2, 0) is 6.42 Å². The van der Waals surface area contributed by atoms with Gasteiger partial charge < -0.3 is 15.9 Å². The molecule has 0 spiro atoms. The number of aromatic nitrogens is 2. The highest BCUT2D eigenvalue weighted by Crippen LogP contribution is 2.20. The minimum atomic E-state index is 0.0376. The fourth-order valence-corrected chi connectivity index (χ4v) is 1.54. The number of nitrogens with two attached hydrogens (primary N) is 1. The highest BCUT2D eigenvalue weighted by molar-refractivity contribution is 5.48. The van der Waals surface area contributed by atoms with Crippen LogP contribution in [0.4, 0.5) is 5.82 Å². The van der Waals surface area contributed by atoms with Crippen LogP contribution in [-0.4, -0.2) is 26.6 Å². The molecule has 5 nitrogen and oxygen atoms in total. The van der Waals surface area contributed by atoms with Gasteiger partial charge in [-0.2, -0.15) is 5.10 Å². The first kappa shape index (κ1) is 10.5. The molecule has 2 aromatic rings. The normalized spacial score (nSPS) is 10.6. The summed E-state index contributed by atoms with van der Waals surface area (Å²) in [5.74, 6) is 0.649. The SMILES string of the molecule is Nc1c(CCO)cnn1-c1cccc(O)c1. The molecule has 1 heterocycles. The van der Waals surface area contributed by atoms with Crippen molar-refractivity contribution >= 4 is 5.82 Å². The Morgan fingerprint density at radius 3 is 2.88 bits per heavy atom. The van der Waals surface area contributed by atoms with Crippen molar-refractivity contribution in [1.29, 1.82) is 0 Å². The molecule has 0 saturated heterocycles. The maximum atomic E-state index is 9.35. The molecule has 16 heavy (non-hydrogen) atoms. The number of hydrogen-bond donors (Lipinski definition) is 3. The number of aliphatic hydroxyl groups excluding tert-OH is 1. The molecular formula is C11H13N3O2. The molecule has 0 aliphatic heterocycles. The summed E-state index contributed by atoms with van der Waals surface area (Å²) in [7, 11) is 0. The van der Waals surface area contributed by atoms with Gasteiger partial charge in [-0.1, -0.05) is 6.07 Å². The Hall–Kier alpha value is -2.01. The molecule has 1 aromatic carbocycles. The van der Waals surface area contributed by atoms with Gasteiger partial charge in [-0.15, -0.1) is 0 Å². The minimum Gasteiger partial charge on any atom is -0.508 e. The van der Waals surface area contributed by atoms with Crippen LogP contribution in [0.3, 0.4) is 0 Å². The topological polar surface area (TPSA) is 84.3 Å². The smallest absolute Gasteiger partial charge is 0.130 e. The molecule has 1 aromatic heterocycles. The summed E-state index contributed by atoms with van der Waals surface area (Å²) in [6, 6.07) is 6.67. The number of benzene rings is 1. The van der Waals surface area contributed by atoms with Crippen molar-refractivity contribution in [2.24, 2.45) is 0 Å². The van der Waals surface area contributed by atoms with Crippen molar-refractivity contribution in [3.05, 3.63) is 36.0 Å². The van der Waals surface area contributed by atoms with Crippen LogP contribution in [0.1, 0.15) is 5.56 Å². The third kappa shape index (κ3) is 1.85. The van der Waals surface area contributed by atoms with Gasteiger partial charge in [0, 0.05) is 24.7 Å². The Labute approximate surface area is 92.8 Å². The average molecular weight is 219 g/mol. The van der Waals surface area contributed by atoms with Crippen molar-refractivity contribution in [2.45, 2.75) is 6.42 Å². The van der Waals surface area contributed by atoms with Crippen LogP contribution in [0.2, 0.25) is 0 Å². The van der Waals surface area contributed by atoms with Crippen LogP contribution >= 0.6 is 0 Å². The number of phenols is 1. The van der Waals surface area contributed by atoms with Crippen LogP contribution in [0.25, 0.3) is 5.69 Å². The van der Waals surface area contributed by atoms with Gasteiger partial charge in [0.25, 0.3) is 0 Å². The van der Waals surface area contributed by atoms with Crippen LogP contribution in [0.15, 0.2) is 30.5 Å². The van der Waals surface area contributed by atoms with E-state index in [1.165, 1.54) is 4.68 Å². The molecule has 0 unspecified atom stereocenters. The molecular weight excluding hydrogens is 206 g/mol. The van der Waals surface area contributed by atoms with Crippen molar-refractivity contribution in [1.82, 2.24) is 9.78 Å². The first-order chi connectivity index (χ1) is 7.72. The summed E-state index contributed by atoms with van der Waals surface area (Å²) in [6.45, 7) is 0.0376. The fraction of sp³-hybridized carbons (Fsp3) is 0.182. The number of phenolic OH excluding ortho intramolecular Hbond substituents is 1. The molecule has 2 rings (SSSR count). The molecule has 0 radical (unpaired) electrons. The zero-order valence-electron chi connectivity index (χ0n) is 8.67. The van der Waals surface area contributed by atoms with Crippen LogP contribution in [0.5, 0.6) is 5.75 Å². The van der Waals surface area contributed by atoms with E-state index in [9.17, 15) is 5.11 Å². The van der Waals surface area contributed by atoms with E-state index in [4.69, 9.17) is 10.8 Å². The molecule has 84 valence electrons. The molecule has 5 heteroatoms. The van der Waals surface area contributed by atoms with Crippen molar-refractivity contribution in [3.63, 3.8) is 0 Å². The van der Waals surface area contributed by atoms with E-state index < -0.39 is 0 Å². The number of anilines is 1. The Morgan fingerprint density at radius 1 is 1.38 bits per heavy atom. The second-order valence-corrected chi connectivity index (χ2v) is 3.46. The number of aliphatic hydroxyl groups is 1. The lowest BCUT2D eigenvalue weighted by Gasteiger charge is -2.05. The summed E-state index contributed by atoms with van der Waals surface area (Å²) in [4.78, 5) is 0. The lowest BCUT2D eigenvalue weighted by molar-refractivity contribution is 0.300. The van der Waals surface area contributed by atoms with Gasteiger partial charge in [0.2, 0.25) is 0 Å². The van der Waals surface area contributed by atoms with Crippen molar-refractivity contribution in [2.75, 3.05) is 12.3 Å². The van der Waals surface area contributed by atoms with E-state index >= 15 is 0 Å². The number of nitrogen functional groups attached to an aromatic ring is 1. The maximum Gasteiger partial charge on any atom is 0.130 e. The van der Waals surface area contributed by atoms with Gasteiger partial charge in [0.1, 0.15) is 11.6 Å². The van der Waals surface area contributed by atoms with E-state index in [0.29, 0.717) is 17.9 Å². The standard InChI is InChI=1S/C11H13N3O2/c12-11-8(4-5-15)7-13-14(11)9-2-1-3-10(16)6-9/h1-3,6-7,15-16H,4-5,12H2. The van der Waals surface area contributed by atoms with E-state index in [1.807, 2.05) is 0 Å². The van der Waals surface area contributed by atoms with Crippen LogP contribution < -0.4 is 5.73 Å². The van der Waals surface area contributed by atoms with Crippen molar-refractivity contribution < 1.29 is 10.2 Å². The lowest BCUT2D eigenvalue weighted by atomic mass is 10.2. The lowest BCUT2D eigenvalue weighted by Crippen LogP contribution is -2.03. The van der Waals surface area contributed by atoms with Gasteiger partial charge in [-0.3, -0.25) is 0 Å². The molecule has 4 N–H and O–H groups in total. The predicted molar refractivity (Wildman–Crippen MR) is 60.4 cm³/mol. The largest absolute Gasteiger partial charge is 0.508 e. The number of hydrogen-bond acceptors (Lipinski definition) is 4. The molecule has 0 aliphatic carbocycles. The monoisotopic (exact) mass is 219 g/mol. The Morgan fingerprint density at radius 2 is 2.19 bits per heavy atom. The molecule has 0 fully saturated rings. The third-order valence-corrected chi connectivity index (χ3v) is 2.34. The van der Waals surface area contributed by atoms with E-state index in [2.05, 4.69) is 5.10 Å². The molecule has 0 amide bonds. The Balaban J connectivity index is 2.41. The first-order valence-corrected chi connectivity index (χ1v) is 4.95. The van der Waals surface area contributed by atoms with E-state index in [0.717, 1.165) is 5.56 Å². The second kappa shape index (κ2) is 4.24. The number of nitrogens with zero attached hydrogens (tertiary/aromatic N) is 2. The predicted octanol–water partition coefficient (Wildman–Crippen LogP) is 0.695. The molecule has 0 aliphatic rings. The summed E-state index contributed by atoms with van der Waals surface area (Å²) in [5.41, 5.74) is 7.37. The summed E-state index contributed by atoms with van der Waals surface area (Å²) >= 11 is 0. The van der Waals surface area contributed by atoms with Gasteiger partial charge in [-0.05, 0) is 12.1 Å². The summed E-state index contributed by atoms with van der Waals surface area (Å²) in [6.07, 6.45) is 2.10. The molecule has 0 saturated carbocycles. The Kier molecular flexibility index (Phi) is 2.78. The molecule has 0 atom stereocenters. The molecule has 0 bridgehead atoms. The average Bonchev–Trinajstić information content (AvgIpc) is 2.61. The summed E-state index contributed by atoms with van der Waals surface area (Å²) < 4.78 is 1.53. The zero-order valence-corrected chi connectivity index (χ0v) is 8.67.